The molecule has 0 bridgehead atoms. The Kier molecular flexibility index (Phi) is 2.83. The number of hydrogen-bond acceptors (Lipinski definition) is 2. The predicted molar refractivity (Wildman–Crippen MR) is 57.9 cm³/mol. The maximum Gasteiger partial charge on any atom is 0.178 e. The van der Waals surface area contributed by atoms with Crippen LogP contribution in [0, 0.1) is 12.3 Å². The lowest BCUT2D eigenvalue weighted by molar-refractivity contribution is 0.0863. The number of aryl methyl sites for hydroxylation is 1. The van der Waals surface area contributed by atoms with Gasteiger partial charge in [0.25, 0.3) is 0 Å². The van der Waals surface area contributed by atoms with Gasteiger partial charge in [-0.1, -0.05) is 32.4 Å². The minimum absolute atomic E-state index is 0.160. The Labute approximate surface area is 87.7 Å². The molecule has 13 heavy (non-hydrogen) atoms. The second kappa shape index (κ2) is 3.43. The van der Waals surface area contributed by atoms with E-state index in [1.807, 2.05) is 33.8 Å². The van der Waals surface area contributed by atoms with Gasteiger partial charge in [-0.25, -0.2) is 0 Å². The highest BCUT2D eigenvalue weighted by Gasteiger charge is 2.24. The van der Waals surface area contributed by atoms with E-state index < -0.39 is 0 Å². The number of ketones is 1. The van der Waals surface area contributed by atoms with Crippen molar-refractivity contribution in [1.29, 1.82) is 0 Å². The van der Waals surface area contributed by atoms with Crippen molar-refractivity contribution in [2.45, 2.75) is 27.7 Å². The van der Waals surface area contributed by atoms with Crippen LogP contribution in [0.2, 0.25) is 4.34 Å². The summed E-state index contributed by atoms with van der Waals surface area (Å²) >= 11 is 7.26. The summed E-state index contributed by atoms with van der Waals surface area (Å²) in [4.78, 5) is 12.5. The zero-order valence-electron chi connectivity index (χ0n) is 8.27. The first-order valence-corrected chi connectivity index (χ1v) is 5.32. The number of halogens is 1. The molecule has 1 aromatic heterocycles. The second-order valence-corrected chi connectivity index (χ2v) is 5.80. The first-order chi connectivity index (χ1) is 5.82. The molecule has 1 rings (SSSR count). The molecule has 0 N–H and O–H groups in total. The van der Waals surface area contributed by atoms with Crippen molar-refractivity contribution in [2.75, 3.05) is 0 Å². The molecular weight excluding hydrogens is 204 g/mol. The summed E-state index contributed by atoms with van der Waals surface area (Å²) in [5.41, 5.74) is 0.667. The molecule has 0 amide bonds. The van der Waals surface area contributed by atoms with Crippen molar-refractivity contribution in [3.63, 3.8) is 0 Å². The Morgan fingerprint density at radius 3 is 2.31 bits per heavy atom. The highest BCUT2D eigenvalue weighted by molar-refractivity contribution is 7.18. The molecular formula is C10H13ClOS. The maximum atomic E-state index is 11.8. The molecule has 0 atom stereocenters. The van der Waals surface area contributed by atoms with Gasteiger partial charge < -0.3 is 0 Å². The van der Waals surface area contributed by atoms with Crippen LogP contribution < -0.4 is 0 Å². The summed E-state index contributed by atoms with van der Waals surface area (Å²) in [6, 6.07) is 1.86. The summed E-state index contributed by atoms with van der Waals surface area (Å²) in [6.07, 6.45) is 0. The fraction of sp³-hybridized carbons (Fsp3) is 0.500. The average Bonchev–Trinajstić information content (AvgIpc) is 2.29. The SMILES string of the molecule is Cc1cc(C(=O)C(C)(C)C)sc1Cl. The standard InChI is InChI=1S/C10H13ClOS/c1-6-5-7(13-9(6)11)8(12)10(2,3)4/h5H,1-4H3. The van der Waals surface area contributed by atoms with Crippen LogP contribution in [0.15, 0.2) is 6.07 Å². The van der Waals surface area contributed by atoms with Crippen LogP contribution in [0.3, 0.4) is 0 Å². The van der Waals surface area contributed by atoms with E-state index in [1.54, 1.807) is 0 Å². The van der Waals surface area contributed by atoms with E-state index in [9.17, 15) is 4.79 Å². The molecule has 0 aliphatic carbocycles. The third kappa shape index (κ3) is 2.32. The third-order valence-electron chi connectivity index (χ3n) is 1.76. The van der Waals surface area contributed by atoms with Gasteiger partial charge in [0.1, 0.15) is 0 Å². The first-order valence-electron chi connectivity index (χ1n) is 4.13. The molecule has 1 aromatic rings. The molecule has 0 saturated heterocycles. The van der Waals surface area contributed by atoms with Gasteiger partial charge in [-0.05, 0) is 18.6 Å². The molecule has 0 aromatic carbocycles. The number of thiophene rings is 1. The normalized spacial score (nSPS) is 11.8. The lowest BCUT2D eigenvalue weighted by Crippen LogP contribution is -2.18. The second-order valence-electron chi connectivity index (χ2n) is 4.15. The van der Waals surface area contributed by atoms with Gasteiger partial charge >= 0.3 is 0 Å². The quantitative estimate of drug-likeness (QED) is 0.650. The number of Topliss-reactive ketones (excluding diaryl/α,β-unsaturated/α-hetero) is 1. The van der Waals surface area contributed by atoms with Crippen LogP contribution in [0.25, 0.3) is 0 Å². The molecule has 3 heteroatoms. The summed E-state index contributed by atoms with van der Waals surface area (Å²) in [6.45, 7) is 7.66. The molecule has 1 heterocycles. The zero-order chi connectivity index (χ0) is 10.2. The number of hydrogen-bond donors (Lipinski definition) is 0. The van der Waals surface area contributed by atoms with Gasteiger partial charge in [0.2, 0.25) is 0 Å². The van der Waals surface area contributed by atoms with Gasteiger partial charge in [-0.3, -0.25) is 4.79 Å². The van der Waals surface area contributed by atoms with Gasteiger partial charge in [0, 0.05) is 5.41 Å². The van der Waals surface area contributed by atoms with Crippen LogP contribution in [0.5, 0.6) is 0 Å². The minimum atomic E-state index is -0.319. The van der Waals surface area contributed by atoms with Gasteiger partial charge in [-0.2, -0.15) is 0 Å². The van der Waals surface area contributed by atoms with Crippen molar-refractivity contribution >= 4 is 28.7 Å². The average molecular weight is 217 g/mol. The molecule has 0 unspecified atom stereocenters. The first kappa shape index (κ1) is 10.7. The molecule has 1 nitrogen and oxygen atoms in total. The van der Waals surface area contributed by atoms with Crippen molar-refractivity contribution in [2.24, 2.45) is 5.41 Å². The Morgan fingerprint density at radius 1 is 1.46 bits per heavy atom. The van der Waals surface area contributed by atoms with Gasteiger partial charge in [0.15, 0.2) is 5.78 Å². The summed E-state index contributed by atoms with van der Waals surface area (Å²) in [7, 11) is 0. The van der Waals surface area contributed by atoms with Crippen molar-refractivity contribution in [3.8, 4) is 0 Å². The fourth-order valence-electron chi connectivity index (χ4n) is 0.941. The van der Waals surface area contributed by atoms with Crippen LogP contribution >= 0.6 is 22.9 Å². The lowest BCUT2D eigenvalue weighted by atomic mass is 9.90. The fourth-order valence-corrected chi connectivity index (χ4v) is 2.29. The van der Waals surface area contributed by atoms with E-state index in [0.29, 0.717) is 4.34 Å². The summed E-state index contributed by atoms with van der Waals surface area (Å²) in [5, 5.41) is 0. The largest absolute Gasteiger partial charge is 0.293 e. The van der Waals surface area contributed by atoms with Crippen molar-refractivity contribution < 1.29 is 4.79 Å². The van der Waals surface area contributed by atoms with Crippen molar-refractivity contribution in [3.05, 3.63) is 20.8 Å². The topological polar surface area (TPSA) is 17.1 Å². The zero-order valence-corrected chi connectivity index (χ0v) is 9.84. The van der Waals surface area contributed by atoms with Crippen LogP contribution in [-0.2, 0) is 0 Å². The highest BCUT2D eigenvalue weighted by atomic mass is 35.5. The Bertz CT molecular complexity index is 314. The number of carbonyl (C=O) groups excluding carboxylic acids is 1. The highest BCUT2D eigenvalue weighted by Crippen LogP contribution is 2.31. The number of rotatable bonds is 1. The molecule has 0 radical (unpaired) electrons. The Balaban J connectivity index is 3.03. The maximum absolute atomic E-state index is 11.8. The molecule has 0 aliphatic rings. The van der Waals surface area contributed by atoms with Crippen molar-refractivity contribution in [1.82, 2.24) is 0 Å². The molecule has 0 saturated carbocycles. The smallest absolute Gasteiger partial charge is 0.178 e. The van der Waals surface area contributed by atoms with Crippen LogP contribution in [0.1, 0.15) is 36.0 Å². The molecule has 0 fully saturated rings. The lowest BCUT2D eigenvalue weighted by Gasteiger charge is -2.14. The number of carbonyl (C=O) groups is 1. The molecule has 0 spiro atoms. The molecule has 72 valence electrons. The summed E-state index contributed by atoms with van der Waals surface area (Å²) in [5.74, 6) is 0.160. The third-order valence-corrected chi connectivity index (χ3v) is 3.32. The van der Waals surface area contributed by atoms with Crippen LogP contribution in [0.4, 0.5) is 0 Å². The Hall–Kier alpha value is -0.340. The van der Waals surface area contributed by atoms with E-state index >= 15 is 0 Å². The predicted octanol–water partition coefficient (Wildman–Crippen LogP) is 3.94. The summed E-state index contributed by atoms with van der Waals surface area (Å²) < 4.78 is 0.715. The van der Waals surface area contributed by atoms with Gasteiger partial charge in [-0.15, -0.1) is 11.3 Å². The minimum Gasteiger partial charge on any atom is -0.293 e. The Morgan fingerprint density at radius 2 is 2.00 bits per heavy atom. The van der Waals surface area contributed by atoms with E-state index in [-0.39, 0.29) is 11.2 Å². The van der Waals surface area contributed by atoms with Crippen LogP contribution in [-0.4, -0.2) is 5.78 Å². The van der Waals surface area contributed by atoms with Gasteiger partial charge in [0.05, 0.1) is 9.21 Å². The van der Waals surface area contributed by atoms with E-state index in [4.69, 9.17) is 11.6 Å². The van der Waals surface area contributed by atoms with E-state index in [1.165, 1.54) is 11.3 Å². The monoisotopic (exact) mass is 216 g/mol. The molecule has 0 aliphatic heterocycles. The van der Waals surface area contributed by atoms with E-state index in [0.717, 1.165) is 10.4 Å². The van der Waals surface area contributed by atoms with E-state index in [2.05, 4.69) is 0 Å².